The first-order valence-corrected chi connectivity index (χ1v) is 10.1. The van der Waals surface area contributed by atoms with Crippen LogP contribution in [0.1, 0.15) is 28.4 Å². The van der Waals surface area contributed by atoms with E-state index in [1.54, 1.807) is 19.2 Å². The van der Waals surface area contributed by atoms with E-state index in [1.165, 1.54) is 34.3 Å². The Balaban J connectivity index is 1.47. The van der Waals surface area contributed by atoms with Gasteiger partial charge in [0.25, 0.3) is 0 Å². The molecule has 2 heterocycles. The van der Waals surface area contributed by atoms with E-state index < -0.39 is 0 Å². The molecule has 152 valence electrons. The van der Waals surface area contributed by atoms with Crippen molar-refractivity contribution in [3.05, 3.63) is 94.9 Å². The second kappa shape index (κ2) is 7.84. The van der Waals surface area contributed by atoms with E-state index >= 15 is 0 Å². The summed E-state index contributed by atoms with van der Waals surface area (Å²) in [5.74, 6) is 1.12. The molecule has 30 heavy (non-hydrogen) atoms. The first kappa shape index (κ1) is 18.7. The van der Waals surface area contributed by atoms with E-state index in [9.17, 15) is 4.39 Å². The third-order valence-electron chi connectivity index (χ3n) is 5.70. The average molecular weight is 402 g/mol. The van der Waals surface area contributed by atoms with Crippen LogP contribution in [0.25, 0.3) is 10.9 Å². The van der Waals surface area contributed by atoms with Gasteiger partial charge < -0.3 is 19.8 Å². The van der Waals surface area contributed by atoms with Crippen LogP contribution in [0, 0.1) is 5.82 Å². The number of rotatable bonds is 5. The Kier molecular flexibility index (Phi) is 4.89. The standard InChI is InChI=1S/C25H23FN2O2/c1-29-23-11-6-16(14-17(23)15-30-19-9-7-18(26)8-10-19)24-25-21(12-13-27-24)20-4-2-3-5-22(20)28-25/h2-11,14,24,27-28H,12-13,15H2,1H3/t24-/m0/s1. The Morgan fingerprint density at radius 3 is 2.70 bits per heavy atom. The summed E-state index contributed by atoms with van der Waals surface area (Å²) in [4.78, 5) is 3.62. The number of nitrogens with one attached hydrogen (secondary N) is 2. The Bertz CT molecular complexity index is 1180. The number of halogens is 1. The smallest absolute Gasteiger partial charge is 0.125 e. The SMILES string of the molecule is COc1ccc([C@@H]2NCCc3c2[nH]c2ccccc32)cc1COc1ccc(F)cc1. The molecule has 0 aliphatic carbocycles. The van der Waals surface area contributed by atoms with Crippen molar-refractivity contribution in [1.82, 2.24) is 10.3 Å². The summed E-state index contributed by atoms with van der Waals surface area (Å²) in [6.45, 7) is 1.27. The van der Waals surface area contributed by atoms with E-state index in [0.29, 0.717) is 12.4 Å². The molecular formula is C25H23FN2O2. The van der Waals surface area contributed by atoms with Gasteiger partial charge in [-0.3, -0.25) is 0 Å². The van der Waals surface area contributed by atoms with Crippen molar-refractivity contribution < 1.29 is 13.9 Å². The molecule has 0 spiro atoms. The molecule has 4 aromatic rings. The van der Waals surface area contributed by atoms with Crippen LogP contribution in [-0.2, 0) is 13.0 Å². The summed E-state index contributed by atoms with van der Waals surface area (Å²) < 4.78 is 24.6. The molecule has 2 N–H and O–H groups in total. The Hall–Kier alpha value is -3.31. The lowest BCUT2D eigenvalue weighted by Crippen LogP contribution is -2.30. The fraction of sp³-hybridized carbons (Fsp3) is 0.200. The number of fused-ring (bicyclic) bond motifs is 3. The molecule has 1 aliphatic heterocycles. The van der Waals surface area contributed by atoms with Gasteiger partial charge in [-0.25, -0.2) is 4.39 Å². The molecule has 1 aliphatic rings. The summed E-state index contributed by atoms with van der Waals surface area (Å²) in [6, 6.07) is 20.8. The Labute approximate surface area is 174 Å². The average Bonchev–Trinajstić information content (AvgIpc) is 3.17. The molecule has 3 aromatic carbocycles. The molecule has 0 bridgehead atoms. The second-order valence-electron chi connectivity index (χ2n) is 7.51. The van der Waals surface area contributed by atoms with Crippen LogP contribution in [0.3, 0.4) is 0 Å². The monoisotopic (exact) mass is 402 g/mol. The second-order valence-corrected chi connectivity index (χ2v) is 7.51. The van der Waals surface area contributed by atoms with Crippen molar-refractivity contribution in [1.29, 1.82) is 0 Å². The summed E-state index contributed by atoms with van der Waals surface area (Å²) in [6.07, 6.45) is 1.01. The minimum Gasteiger partial charge on any atom is -0.496 e. The van der Waals surface area contributed by atoms with Gasteiger partial charge in [0, 0.05) is 28.7 Å². The fourth-order valence-corrected chi connectivity index (χ4v) is 4.25. The number of ether oxygens (including phenoxy) is 2. The zero-order valence-electron chi connectivity index (χ0n) is 16.7. The number of para-hydroxylation sites is 1. The number of H-pyrrole nitrogens is 1. The molecule has 0 amide bonds. The predicted octanol–water partition coefficient (Wildman–Crippen LogP) is 5.13. The van der Waals surface area contributed by atoms with Crippen LogP contribution >= 0.6 is 0 Å². The molecule has 1 atom stereocenters. The molecule has 4 nitrogen and oxygen atoms in total. The predicted molar refractivity (Wildman–Crippen MR) is 116 cm³/mol. The van der Waals surface area contributed by atoms with Gasteiger partial charge in [-0.05, 0) is 60.0 Å². The van der Waals surface area contributed by atoms with Gasteiger partial charge >= 0.3 is 0 Å². The van der Waals surface area contributed by atoms with E-state index in [-0.39, 0.29) is 11.9 Å². The molecular weight excluding hydrogens is 379 g/mol. The lowest BCUT2D eigenvalue weighted by Gasteiger charge is -2.25. The zero-order chi connectivity index (χ0) is 20.5. The number of benzene rings is 3. The molecule has 1 aromatic heterocycles. The van der Waals surface area contributed by atoms with Crippen molar-refractivity contribution in [3.63, 3.8) is 0 Å². The van der Waals surface area contributed by atoms with Crippen molar-refractivity contribution >= 4 is 10.9 Å². The van der Waals surface area contributed by atoms with Crippen LogP contribution < -0.4 is 14.8 Å². The normalized spacial score (nSPS) is 15.7. The molecule has 0 saturated carbocycles. The Morgan fingerprint density at radius 2 is 1.87 bits per heavy atom. The van der Waals surface area contributed by atoms with Crippen molar-refractivity contribution in [2.24, 2.45) is 0 Å². The summed E-state index contributed by atoms with van der Waals surface area (Å²) in [5, 5.41) is 4.94. The lowest BCUT2D eigenvalue weighted by atomic mass is 9.93. The van der Waals surface area contributed by atoms with Crippen molar-refractivity contribution in [2.45, 2.75) is 19.1 Å². The van der Waals surface area contributed by atoms with Crippen molar-refractivity contribution in [3.8, 4) is 11.5 Å². The van der Waals surface area contributed by atoms with Crippen LogP contribution in [-0.4, -0.2) is 18.6 Å². The molecule has 0 unspecified atom stereocenters. The maximum Gasteiger partial charge on any atom is 0.125 e. The highest BCUT2D eigenvalue weighted by atomic mass is 19.1. The summed E-state index contributed by atoms with van der Waals surface area (Å²) >= 11 is 0. The topological polar surface area (TPSA) is 46.3 Å². The van der Waals surface area contributed by atoms with Crippen LogP contribution in [0.15, 0.2) is 66.7 Å². The first-order chi connectivity index (χ1) is 14.7. The minimum atomic E-state index is -0.278. The zero-order valence-corrected chi connectivity index (χ0v) is 16.7. The third-order valence-corrected chi connectivity index (χ3v) is 5.70. The van der Waals surface area contributed by atoms with E-state index in [4.69, 9.17) is 9.47 Å². The van der Waals surface area contributed by atoms with Gasteiger partial charge in [0.1, 0.15) is 23.9 Å². The molecule has 0 fully saturated rings. The Morgan fingerprint density at radius 1 is 1.03 bits per heavy atom. The largest absolute Gasteiger partial charge is 0.496 e. The number of hydrogen-bond acceptors (Lipinski definition) is 3. The van der Waals surface area contributed by atoms with Gasteiger partial charge in [0.15, 0.2) is 0 Å². The third kappa shape index (κ3) is 3.42. The van der Waals surface area contributed by atoms with E-state index in [2.05, 4.69) is 46.7 Å². The lowest BCUT2D eigenvalue weighted by molar-refractivity contribution is 0.296. The van der Waals surface area contributed by atoms with Gasteiger partial charge in [-0.2, -0.15) is 0 Å². The maximum absolute atomic E-state index is 13.1. The number of methoxy groups -OCH3 is 1. The number of hydrogen-bond donors (Lipinski definition) is 2. The maximum atomic E-state index is 13.1. The molecule has 0 radical (unpaired) electrons. The highest BCUT2D eigenvalue weighted by Gasteiger charge is 2.25. The van der Waals surface area contributed by atoms with Gasteiger partial charge in [0.05, 0.1) is 13.2 Å². The first-order valence-electron chi connectivity index (χ1n) is 10.1. The number of aromatic amines is 1. The molecule has 0 saturated heterocycles. The number of aromatic nitrogens is 1. The van der Waals surface area contributed by atoms with E-state index in [1.807, 2.05) is 6.07 Å². The highest BCUT2D eigenvalue weighted by molar-refractivity contribution is 5.85. The van der Waals surface area contributed by atoms with Crippen LogP contribution in [0.4, 0.5) is 4.39 Å². The quantitative estimate of drug-likeness (QED) is 0.487. The van der Waals surface area contributed by atoms with Crippen molar-refractivity contribution in [2.75, 3.05) is 13.7 Å². The highest BCUT2D eigenvalue weighted by Crippen LogP contribution is 2.35. The molecule has 5 rings (SSSR count). The minimum absolute atomic E-state index is 0.0802. The van der Waals surface area contributed by atoms with Gasteiger partial charge in [-0.15, -0.1) is 0 Å². The molecule has 5 heteroatoms. The summed E-state index contributed by atoms with van der Waals surface area (Å²) in [5.41, 5.74) is 5.88. The fourth-order valence-electron chi connectivity index (χ4n) is 4.25. The van der Waals surface area contributed by atoms with E-state index in [0.717, 1.165) is 29.8 Å². The van der Waals surface area contributed by atoms with Gasteiger partial charge in [-0.1, -0.05) is 24.3 Å². The van der Waals surface area contributed by atoms with Crippen LogP contribution in [0.2, 0.25) is 0 Å². The van der Waals surface area contributed by atoms with Crippen LogP contribution in [0.5, 0.6) is 11.5 Å². The van der Waals surface area contributed by atoms with Gasteiger partial charge in [0.2, 0.25) is 0 Å². The summed E-state index contributed by atoms with van der Waals surface area (Å²) in [7, 11) is 1.66.